The molecule has 1 aromatic heterocycles. The van der Waals surface area contributed by atoms with Gasteiger partial charge in [0, 0.05) is 30.8 Å². The van der Waals surface area contributed by atoms with Crippen molar-refractivity contribution in [1.82, 2.24) is 19.9 Å². The van der Waals surface area contributed by atoms with E-state index in [1.807, 2.05) is 23.1 Å². The number of carbonyl (C=O) groups excluding carboxylic acids is 1. The summed E-state index contributed by atoms with van der Waals surface area (Å²) in [5.41, 5.74) is 8.98. The summed E-state index contributed by atoms with van der Waals surface area (Å²) in [4.78, 5) is 27.0. The van der Waals surface area contributed by atoms with Gasteiger partial charge in [0.2, 0.25) is 11.9 Å². The van der Waals surface area contributed by atoms with Crippen LogP contribution in [0.25, 0.3) is 22.2 Å². The zero-order valence-electron chi connectivity index (χ0n) is 16.9. The lowest BCUT2D eigenvalue weighted by Crippen LogP contribution is -2.25. The van der Waals surface area contributed by atoms with Crippen LogP contribution in [0.2, 0.25) is 5.02 Å². The first-order valence-electron chi connectivity index (χ1n) is 10.3. The molecule has 2 N–H and O–H groups in total. The number of likely N-dealkylation sites (tertiary alicyclic amines) is 1. The lowest BCUT2D eigenvalue weighted by Gasteiger charge is -2.20. The standard InChI is InChI=1S/C22H22ClN5O2S/c23-16-10-14-12-30-11-13-4-1-5-15(18(13)14)19(16)20-25-21(24)27-22(26-20)31-9-3-8-28-7-2-6-17(28)29/h1,4-5,10H,2-3,6-9,11-12H2,(H2,24,25,26,27). The minimum absolute atomic E-state index is 0.169. The number of thioether (sulfide) groups is 1. The molecule has 2 aliphatic rings. The quantitative estimate of drug-likeness (QED) is 0.442. The van der Waals surface area contributed by atoms with E-state index in [9.17, 15) is 4.79 Å². The number of nitrogens with two attached hydrogens (primary N) is 1. The largest absolute Gasteiger partial charge is 0.372 e. The number of hydrogen-bond acceptors (Lipinski definition) is 7. The molecule has 160 valence electrons. The number of aromatic nitrogens is 3. The van der Waals surface area contributed by atoms with Crippen LogP contribution >= 0.6 is 23.4 Å². The van der Waals surface area contributed by atoms with Gasteiger partial charge in [-0.15, -0.1) is 0 Å². The predicted molar refractivity (Wildman–Crippen MR) is 122 cm³/mol. The highest BCUT2D eigenvalue weighted by molar-refractivity contribution is 7.99. The predicted octanol–water partition coefficient (Wildman–Crippen LogP) is 4.06. The maximum atomic E-state index is 11.7. The number of carbonyl (C=O) groups is 1. The molecule has 9 heteroatoms. The fraction of sp³-hybridized carbons (Fsp3) is 0.364. The van der Waals surface area contributed by atoms with Crippen molar-refractivity contribution in [3.05, 3.63) is 40.4 Å². The third-order valence-electron chi connectivity index (χ3n) is 5.63. The highest BCUT2D eigenvalue weighted by Crippen LogP contribution is 2.39. The molecule has 0 spiro atoms. The molecule has 2 aromatic carbocycles. The summed E-state index contributed by atoms with van der Waals surface area (Å²) >= 11 is 8.19. The second-order valence-electron chi connectivity index (χ2n) is 7.71. The molecule has 0 saturated carbocycles. The average molecular weight is 456 g/mol. The van der Waals surface area contributed by atoms with Gasteiger partial charge in [-0.05, 0) is 40.8 Å². The summed E-state index contributed by atoms with van der Waals surface area (Å²) in [7, 11) is 0. The third kappa shape index (κ3) is 4.07. The van der Waals surface area contributed by atoms with Gasteiger partial charge in [0.25, 0.3) is 0 Å². The van der Waals surface area contributed by atoms with Crippen LogP contribution in [0.3, 0.4) is 0 Å². The van der Waals surface area contributed by atoms with Gasteiger partial charge in [-0.25, -0.2) is 4.98 Å². The van der Waals surface area contributed by atoms with Gasteiger partial charge >= 0.3 is 0 Å². The van der Waals surface area contributed by atoms with E-state index >= 15 is 0 Å². The van der Waals surface area contributed by atoms with E-state index in [0.717, 1.165) is 59.1 Å². The van der Waals surface area contributed by atoms with Crippen LogP contribution < -0.4 is 5.73 Å². The van der Waals surface area contributed by atoms with Gasteiger partial charge in [0.1, 0.15) is 0 Å². The monoisotopic (exact) mass is 455 g/mol. The Labute approximate surface area is 189 Å². The molecule has 3 heterocycles. The number of hydrogen-bond donors (Lipinski definition) is 1. The molecular formula is C22H22ClN5O2S. The van der Waals surface area contributed by atoms with Crippen molar-refractivity contribution in [2.75, 3.05) is 24.6 Å². The molecular weight excluding hydrogens is 434 g/mol. The topological polar surface area (TPSA) is 94.2 Å². The van der Waals surface area contributed by atoms with Gasteiger partial charge in [-0.3, -0.25) is 4.79 Å². The fourth-order valence-corrected chi connectivity index (χ4v) is 5.34. The maximum Gasteiger partial charge on any atom is 0.224 e. The third-order valence-corrected chi connectivity index (χ3v) is 6.86. The molecule has 0 bridgehead atoms. The zero-order chi connectivity index (χ0) is 21.4. The van der Waals surface area contributed by atoms with Crippen LogP contribution in [0.1, 0.15) is 30.4 Å². The Morgan fingerprint density at radius 2 is 2.06 bits per heavy atom. The molecule has 5 rings (SSSR count). The van der Waals surface area contributed by atoms with Crippen LogP contribution in [0.4, 0.5) is 5.95 Å². The lowest BCUT2D eigenvalue weighted by atomic mass is 9.94. The van der Waals surface area contributed by atoms with Gasteiger partial charge in [-0.1, -0.05) is 41.6 Å². The highest BCUT2D eigenvalue weighted by atomic mass is 35.5. The molecule has 0 radical (unpaired) electrons. The minimum atomic E-state index is 0.169. The number of amides is 1. The smallest absolute Gasteiger partial charge is 0.224 e. The van der Waals surface area contributed by atoms with Crippen LogP contribution in [0.15, 0.2) is 29.4 Å². The van der Waals surface area contributed by atoms with E-state index in [0.29, 0.717) is 35.6 Å². The SMILES string of the molecule is Nc1nc(SCCCN2CCCC2=O)nc(-c2c(Cl)cc3c4c(cccc24)COC3)n1. The number of anilines is 1. The number of nitrogen functional groups attached to an aromatic ring is 1. The van der Waals surface area contributed by atoms with E-state index in [4.69, 9.17) is 22.1 Å². The number of benzene rings is 2. The van der Waals surface area contributed by atoms with Gasteiger partial charge in [0.15, 0.2) is 11.0 Å². The van der Waals surface area contributed by atoms with Crippen LogP contribution in [0.5, 0.6) is 0 Å². The molecule has 1 fully saturated rings. The average Bonchev–Trinajstić information content (AvgIpc) is 3.16. The van der Waals surface area contributed by atoms with E-state index in [1.165, 1.54) is 11.8 Å². The summed E-state index contributed by atoms with van der Waals surface area (Å²) in [6.45, 7) is 2.74. The second kappa shape index (κ2) is 8.61. The molecule has 0 atom stereocenters. The summed E-state index contributed by atoms with van der Waals surface area (Å²) in [5.74, 6) is 1.69. The molecule has 1 saturated heterocycles. The van der Waals surface area contributed by atoms with Crippen LogP contribution in [0, 0.1) is 0 Å². The van der Waals surface area contributed by atoms with E-state index < -0.39 is 0 Å². The molecule has 7 nitrogen and oxygen atoms in total. The molecule has 0 aliphatic carbocycles. The van der Waals surface area contributed by atoms with Crippen LogP contribution in [-0.2, 0) is 22.7 Å². The number of nitrogens with zero attached hydrogens (tertiary/aromatic N) is 4. The first kappa shape index (κ1) is 20.5. The summed E-state index contributed by atoms with van der Waals surface area (Å²) in [6, 6.07) is 8.03. The Hall–Kier alpha value is -2.42. The fourth-order valence-electron chi connectivity index (χ4n) is 4.25. The van der Waals surface area contributed by atoms with E-state index in [2.05, 4.69) is 21.0 Å². The lowest BCUT2D eigenvalue weighted by molar-refractivity contribution is -0.127. The van der Waals surface area contributed by atoms with Crippen molar-refractivity contribution in [2.24, 2.45) is 0 Å². The molecule has 1 amide bonds. The Morgan fingerprint density at radius 1 is 1.19 bits per heavy atom. The molecule has 0 unspecified atom stereocenters. The highest BCUT2D eigenvalue weighted by Gasteiger charge is 2.21. The Balaban J connectivity index is 1.42. The van der Waals surface area contributed by atoms with Gasteiger partial charge < -0.3 is 15.4 Å². The summed E-state index contributed by atoms with van der Waals surface area (Å²) < 4.78 is 5.68. The Bertz CT molecular complexity index is 1170. The van der Waals surface area contributed by atoms with Crippen LogP contribution in [-0.4, -0.2) is 44.6 Å². The van der Waals surface area contributed by atoms with Crippen molar-refractivity contribution in [3.63, 3.8) is 0 Å². The number of ether oxygens (including phenoxy) is 1. The number of halogens is 1. The second-order valence-corrected chi connectivity index (χ2v) is 9.18. The molecule has 31 heavy (non-hydrogen) atoms. The van der Waals surface area contributed by atoms with Crippen molar-refractivity contribution in [2.45, 2.75) is 37.6 Å². The number of rotatable bonds is 6. The van der Waals surface area contributed by atoms with E-state index in [-0.39, 0.29) is 11.9 Å². The summed E-state index contributed by atoms with van der Waals surface area (Å²) in [6.07, 6.45) is 2.50. The maximum absolute atomic E-state index is 11.7. The Kier molecular flexibility index (Phi) is 5.69. The van der Waals surface area contributed by atoms with Crippen molar-refractivity contribution >= 4 is 46.0 Å². The molecule has 2 aliphatic heterocycles. The van der Waals surface area contributed by atoms with E-state index in [1.54, 1.807) is 0 Å². The summed E-state index contributed by atoms with van der Waals surface area (Å²) in [5, 5.41) is 3.28. The van der Waals surface area contributed by atoms with Gasteiger partial charge in [0.05, 0.1) is 18.2 Å². The normalized spacial score (nSPS) is 15.8. The Morgan fingerprint density at radius 3 is 2.90 bits per heavy atom. The van der Waals surface area contributed by atoms with Gasteiger partial charge in [-0.2, -0.15) is 9.97 Å². The first-order valence-corrected chi connectivity index (χ1v) is 11.7. The zero-order valence-corrected chi connectivity index (χ0v) is 18.5. The van der Waals surface area contributed by atoms with Crippen molar-refractivity contribution < 1.29 is 9.53 Å². The van der Waals surface area contributed by atoms with Crippen molar-refractivity contribution in [1.29, 1.82) is 0 Å². The first-order chi connectivity index (χ1) is 15.1. The van der Waals surface area contributed by atoms with Crippen molar-refractivity contribution in [3.8, 4) is 11.4 Å². The molecule has 3 aromatic rings. The minimum Gasteiger partial charge on any atom is -0.372 e.